The zero-order valence-electron chi connectivity index (χ0n) is 24.5. The van der Waals surface area contributed by atoms with Gasteiger partial charge in [0.15, 0.2) is 11.5 Å². The Labute approximate surface area is 240 Å². The van der Waals surface area contributed by atoms with Gasteiger partial charge < -0.3 is 40.1 Å². The summed E-state index contributed by atoms with van der Waals surface area (Å²) in [5.41, 5.74) is 1.73. The zero-order valence-corrected chi connectivity index (χ0v) is 24.5. The summed E-state index contributed by atoms with van der Waals surface area (Å²) in [4.78, 5) is 42.9. The molecule has 224 valence electrons. The number of aromatic nitrogens is 1. The van der Waals surface area contributed by atoms with Crippen LogP contribution in [0.25, 0.3) is 0 Å². The van der Waals surface area contributed by atoms with E-state index in [9.17, 15) is 19.5 Å². The lowest BCUT2D eigenvalue weighted by molar-refractivity contribution is 0.0373. The molecular formula is C29H42N6O6. The van der Waals surface area contributed by atoms with E-state index in [1.807, 2.05) is 6.92 Å². The molecule has 1 aliphatic heterocycles. The third-order valence-electron chi connectivity index (χ3n) is 7.95. The van der Waals surface area contributed by atoms with E-state index in [-0.39, 0.29) is 54.4 Å². The molecule has 2 aromatic rings. The highest BCUT2D eigenvalue weighted by molar-refractivity contribution is 6.01. The maximum Gasteiger partial charge on any atom is 0.321 e. The van der Waals surface area contributed by atoms with E-state index in [2.05, 4.69) is 21.1 Å². The SMILES string of the molecule is Cc1noc(C)c1NC(=O)N(C)C[C@H]1Oc2c(NC(=O)NC3CCCCC3)cccc2C(=O)N([C@@H](C)CO)C[C@H]1C. The van der Waals surface area contributed by atoms with E-state index in [0.717, 1.165) is 25.7 Å². The molecule has 41 heavy (non-hydrogen) atoms. The fourth-order valence-electron chi connectivity index (χ4n) is 5.37. The van der Waals surface area contributed by atoms with Crippen molar-refractivity contribution in [3.63, 3.8) is 0 Å². The van der Waals surface area contributed by atoms with Crippen LogP contribution in [0, 0.1) is 19.8 Å². The number of likely N-dealkylation sites (N-methyl/N-ethyl adjacent to an activating group) is 1. The first-order valence-corrected chi connectivity index (χ1v) is 14.3. The highest BCUT2D eigenvalue weighted by Gasteiger charge is 2.35. The predicted octanol–water partition coefficient (Wildman–Crippen LogP) is 4.13. The zero-order chi connectivity index (χ0) is 29.7. The van der Waals surface area contributed by atoms with Crippen LogP contribution in [0.4, 0.5) is 21.0 Å². The lowest BCUT2D eigenvalue weighted by atomic mass is 9.96. The average molecular weight is 571 g/mol. The monoisotopic (exact) mass is 570 g/mol. The number of hydrogen-bond donors (Lipinski definition) is 4. The van der Waals surface area contributed by atoms with Gasteiger partial charge in [-0.3, -0.25) is 4.79 Å². The van der Waals surface area contributed by atoms with Gasteiger partial charge in [-0.1, -0.05) is 37.4 Å². The maximum absolute atomic E-state index is 13.7. The van der Waals surface area contributed by atoms with Crippen molar-refractivity contribution in [2.24, 2.45) is 5.92 Å². The Hall–Kier alpha value is -3.80. The summed E-state index contributed by atoms with van der Waals surface area (Å²) in [6.07, 6.45) is 4.67. The number of urea groups is 2. The number of amides is 5. The minimum absolute atomic E-state index is 0.107. The Morgan fingerprint density at radius 2 is 1.93 bits per heavy atom. The number of benzene rings is 1. The normalized spacial score (nSPS) is 20.2. The van der Waals surface area contributed by atoms with Crippen molar-refractivity contribution in [2.75, 3.05) is 37.4 Å². The van der Waals surface area contributed by atoms with Crippen LogP contribution in [0.1, 0.15) is 67.8 Å². The van der Waals surface area contributed by atoms with Crippen molar-refractivity contribution in [2.45, 2.75) is 78.0 Å². The molecule has 3 atom stereocenters. The first kappa shape index (κ1) is 30.2. The van der Waals surface area contributed by atoms with Crippen LogP contribution < -0.4 is 20.7 Å². The molecule has 4 rings (SSSR count). The second-order valence-corrected chi connectivity index (χ2v) is 11.2. The quantitative estimate of drug-likeness (QED) is 0.391. The largest absolute Gasteiger partial charge is 0.485 e. The van der Waals surface area contributed by atoms with Crippen molar-refractivity contribution in [1.29, 1.82) is 0 Å². The van der Waals surface area contributed by atoms with Crippen LogP contribution in [0.2, 0.25) is 0 Å². The van der Waals surface area contributed by atoms with Crippen molar-refractivity contribution in [3.05, 3.63) is 35.2 Å². The molecule has 12 heteroatoms. The second-order valence-electron chi connectivity index (χ2n) is 11.2. The molecule has 0 bridgehead atoms. The first-order valence-electron chi connectivity index (χ1n) is 14.3. The van der Waals surface area contributed by atoms with E-state index >= 15 is 0 Å². The van der Waals surface area contributed by atoms with Crippen molar-refractivity contribution in [1.82, 2.24) is 20.3 Å². The number of carbonyl (C=O) groups is 3. The van der Waals surface area contributed by atoms with Gasteiger partial charge in [0.2, 0.25) is 0 Å². The molecule has 0 saturated heterocycles. The van der Waals surface area contributed by atoms with Gasteiger partial charge in [0.05, 0.1) is 30.4 Å². The fourth-order valence-corrected chi connectivity index (χ4v) is 5.37. The van der Waals surface area contributed by atoms with E-state index in [1.54, 1.807) is 50.9 Å². The molecule has 0 spiro atoms. The Morgan fingerprint density at radius 1 is 1.20 bits per heavy atom. The Balaban J connectivity index is 1.60. The summed E-state index contributed by atoms with van der Waals surface area (Å²) in [5.74, 6) is 0.220. The average Bonchev–Trinajstić information content (AvgIpc) is 3.27. The topological polar surface area (TPSA) is 149 Å². The summed E-state index contributed by atoms with van der Waals surface area (Å²) in [7, 11) is 1.66. The third kappa shape index (κ3) is 7.10. The van der Waals surface area contributed by atoms with E-state index in [4.69, 9.17) is 9.26 Å². The summed E-state index contributed by atoms with van der Waals surface area (Å²) in [5, 5.41) is 22.6. The van der Waals surface area contributed by atoms with E-state index in [0.29, 0.717) is 29.4 Å². The summed E-state index contributed by atoms with van der Waals surface area (Å²) in [6, 6.07) is 3.99. The van der Waals surface area contributed by atoms with Gasteiger partial charge in [-0.15, -0.1) is 0 Å². The fraction of sp³-hybridized carbons (Fsp3) is 0.586. The molecule has 2 aliphatic rings. The highest BCUT2D eigenvalue weighted by atomic mass is 16.5. The molecule has 1 aromatic heterocycles. The molecule has 4 N–H and O–H groups in total. The van der Waals surface area contributed by atoms with Gasteiger partial charge in [-0.05, 0) is 45.7 Å². The molecule has 1 aliphatic carbocycles. The van der Waals surface area contributed by atoms with Crippen LogP contribution in [0.5, 0.6) is 5.75 Å². The van der Waals surface area contributed by atoms with Gasteiger partial charge >= 0.3 is 12.1 Å². The number of carbonyl (C=O) groups excluding carboxylic acids is 3. The predicted molar refractivity (Wildman–Crippen MR) is 154 cm³/mol. The molecule has 1 saturated carbocycles. The van der Waals surface area contributed by atoms with Crippen LogP contribution in [0.3, 0.4) is 0 Å². The lowest BCUT2D eigenvalue weighted by Gasteiger charge is -2.38. The number of fused-ring (bicyclic) bond motifs is 1. The number of anilines is 2. The third-order valence-corrected chi connectivity index (χ3v) is 7.95. The summed E-state index contributed by atoms with van der Waals surface area (Å²) in [6.45, 7) is 7.48. The van der Waals surface area contributed by atoms with Crippen LogP contribution in [0.15, 0.2) is 22.7 Å². The Bertz CT molecular complexity index is 1220. The Morgan fingerprint density at radius 3 is 2.59 bits per heavy atom. The smallest absolute Gasteiger partial charge is 0.321 e. The lowest BCUT2D eigenvalue weighted by Crippen LogP contribution is -2.50. The number of ether oxygens (including phenoxy) is 1. The van der Waals surface area contributed by atoms with Crippen molar-refractivity contribution in [3.8, 4) is 5.75 Å². The molecule has 1 aromatic carbocycles. The number of para-hydroxylation sites is 1. The minimum atomic E-state index is -0.542. The highest BCUT2D eigenvalue weighted by Crippen LogP contribution is 2.35. The van der Waals surface area contributed by atoms with Gasteiger partial charge in [-0.25, -0.2) is 9.59 Å². The molecule has 5 amide bonds. The number of hydrogen-bond acceptors (Lipinski definition) is 7. The molecular weight excluding hydrogens is 528 g/mol. The van der Waals surface area contributed by atoms with Gasteiger partial charge in [0.25, 0.3) is 5.91 Å². The van der Waals surface area contributed by atoms with Crippen LogP contribution >= 0.6 is 0 Å². The number of rotatable bonds is 7. The number of nitrogens with one attached hydrogen (secondary N) is 3. The van der Waals surface area contributed by atoms with E-state index < -0.39 is 12.1 Å². The summed E-state index contributed by atoms with van der Waals surface area (Å²) < 4.78 is 11.7. The van der Waals surface area contributed by atoms with E-state index in [1.165, 1.54) is 11.3 Å². The second kappa shape index (κ2) is 13.2. The summed E-state index contributed by atoms with van der Waals surface area (Å²) >= 11 is 0. The number of aryl methyl sites for hydroxylation is 2. The van der Waals surface area contributed by atoms with Crippen LogP contribution in [-0.4, -0.2) is 83.0 Å². The van der Waals surface area contributed by atoms with Crippen LogP contribution in [-0.2, 0) is 0 Å². The molecule has 12 nitrogen and oxygen atoms in total. The number of aliphatic hydroxyl groups is 1. The Kier molecular flexibility index (Phi) is 9.74. The first-order chi connectivity index (χ1) is 19.6. The molecule has 1 fully saturated rings. The van der Waals surface area contributed by atoms with Gasteiger partial charge in [-0.2, -0.15) is 0 Å². The molecule has 0 radical (unpaired) electrons. The van der Waals surface area contributed by atoms with Crippen molar-refractivity contribution >= 4 is 29.3 Å². The van der Waals surface area contributed by atoms with Crippen molar-refractivity contribution < 1.29 is 28.8 Å². The molecule has 0 unspecified atom stereocenters. The van der Waals surface area contributed by atoms with Gasteiger partial charge in [0, 0.05) is 25.6 Å². The number of nitrogens with zero attached hydrogens (tertiary/aromatic N) is 3. The standard InChI is InChI=1S/C29H42N6O6/c1-17-14-35(18(2)16-36)27(37)22-12-9-13-23(31-28(38)30-21-10-7-6-8-11-21)26(22)40-24(17)15-34(5)29(39)32-25-19(3)33-41-20(25)4/h9,12-13,17-18,21,24,36H,6-8,10-11,14-16H2,1-5H3,(H,32,39)(H2,30,31,38)/t17-,18+,24-/m1/s1. The van der Waals surface area contributed by atoms with Gasteiger partial charge in [0.1, 0.15) is 17.5 Å². The molecule has 2 heterocycles. The minimum Gasteiger partial charge on any atom is -0.485 e. The maximum atomic E-state index is 13.7. The number of aliphatic hydroxyl groups excluding tert-OH is 1.